The van der Waals surface area contributed by atoms with Crippen LogP contribution in [0.15, 0.2) is 30.3 Å². The number of benzene rings is 1. The molecule has 0 aliphatic rings. The van der Waals surface area contributed by atoms with Crippen molar-refractivity contribution in [1.29, 1.82) is 0 Å². The van der Waals surface area contributed by atoms with Crippen molar-refractivity contribution < 1.29 is 4.79 Å². The van der Waals surface area contributed by atoms with Gasteiger partial charge in [0.2, 0.25) is 0 Å². The van der Waals surface area contributed by atoms with Crippen LogP contribution < -0.4 is 10.6 Å². The minimum absolute atomic E-state index is 0.112. The first kappa shape index (κ1) is 14.1. The molecule has 0 saturated heterocycles. The number of amides is 1. The van der Waals surface area contributed by atoms with Crippen molar-refractivity contribution >= 4 is 17.3 Å². The summed E-state index contributed by atoms with van der Waals surface area (Å²) in [5, 5.41) is 5.97. The van der Waals surface area contributed by atoms with Crippen LogP contribution in [0.2, 0.25) is 0 Å². The zero-order valence-electron chi connectivity index (χ0n) is 12.2. The first-order chi connectivity index (χ1) is 9.51. The van der Waals surface area contributed by atoms with E-state index in [9.17, 15) is 4.79 Å². The maximum atomic E-state index is 12.3. The van der Waals surface area contributed by atoms with Crippen LogP contribution in [0, 0.1) is 20.8 Å². The summed E-state index contributed by atoms with van der Waals surface area (Å²) in [5.41, 5.74) is 5.11. The van der Waals surface area contributed by atoms with Gasteiger partial charge in [0.15, 0.2) is 0 Å². The predicted octanol–water partition coefficient (Wildman–Crippen LogP) is 3.30. The molecule has 4 nitrogen and oxygen atoms in total. The number of hydrogen-bond acceptors (Lipinski definition) is 3. The number of pyridine rings is 1. The molecule has 1 amide bonds. The Labute approximate surface area is 119 Å². The monoisotopic (exact) mass is 269 g/mol. The Bertz CT molecular complexity index is 650. The lowest BCUT2D eigenvalue weighted by atomic mass is 10.1. The summed E-state index contributed by atoms with van der Waals surface area (Å²) in [4.78, 5) is 16.7. The summed E-state index contributed by atoms with van der Waals surface area (Å²) >= 11 is 0. The lowest BCUT2D eigenvalue weighted by Gasteiger charge is -2.11. The van der Waals surface area contributed by atoms with Gasteiger partial charge in [-0.1, -0.05) is 0 Å². The molecule has 20 heavy (non-hydrogen) atoms. The molecule has 1 heterocycles. The highest BCUT2D eigenvalue weighted by Crippen LogP contribution is 2.18. The van der Waals surface area contributed by atoms with Gasteiger partial charge in [0.1, 0.15) is 0 Å². The molecular weight excluding hydrogens is 250 g/mol. The molecular formula is C16H19N3O. The number of hydrogen-bond donors (Lipinski definition) is 2. The Hall–Kier alpha value is -2.36. The lowest BCUT2D eigenvalue weighted by Crippen LogP contribution is -2.14. The van der Waals surface area contributed by atoms with E-state index in [4.69, 9.17) is 0 Å². The van der Waals surface area contributed by atoms with Crippen LogP contribution in [-0.4, -0.2) is 17.9 Å². The van der Waals surface area contributed by atoms with Crippen LogP contribution in [0.4, 0.5) is 11.4 Å². The molecule has 1 aromatic heterocycles. The number of anilines is 2. The van der Waals surface area contributed by atoms with Crippen LogP contribution >= 0.6 is 0 Å². The molecule has 1 aromatic carbocycles. The third-order valence-electron chi connectivity index (χ3n) is 3.23. The second-order valence-corrected chi connectivity index (χ2v) is 4.82. The summed E-state index contributed by atoms with van der Waals surface area (Å²) in [6, 6.07) is 9.44. The Morgan fingerprint density at radius 2 is 1.85 bits per heavy atom. The van der Waals surface area contributed by atoms with Gasteiger partial charge in [-0.15, -0.1) is 0 Å². The van der Waals surface area contributed by atoms with Crippen molar-refractivity contribution in [2.45, 2.75) is 20.8 Å². The second kappa shape index (κ2) is 5.74. The normalized spacial score (nSPS) is 10.2. The van der Waals surface area contributed by atoms with E-state index < -0.39 is 0 Å². The molecule has 0 atom stereocenters. The maximum absolute atomic E-state index is 12.3. The highest BCUT2D eigenvalue weighted by atomic mass is 16.1. The minimum atomic E-state index is -0.112. The minimum Gasteiger partial charge on any atom is -0.388 e. The third kappa shape index (κ3) is 2.96. The molecule has 0 spiro atoms. The van der Waals surface area contributed by atoms with Crippen LogP contribution in [-0.2, 0) is 0 Å². The van der Waals surface area contributed by atoms with E-state index in [0.717, 1.165) is 28.3 Å². The topological polar surface area (TPSA) is 54.0 Å². The molecule has 104 valence electrons. The van der Waals surface area contributed by atoms with Crippen molar-refractivity contribution in [1.82, 2.24) is 4.98 Å². The molecule has 0 aliphatic carbocycles. The Balaban J connectivity index is 2.24. The first-order valence-corrected chi connectivity index (χ1v) is 6.55. The molecule has 0 radical (unpaired) electrons. The van der Waals surface area contributed by atoms with Gasteiger partial charge in [-0.05, 0) is 56.7 Å². The number of carbonyl (C=O) groups is 1. The average molecular weight is 269 g/mol. The van der Waals surface area contributed by atoms with Crippen LogP contribution in [0.5, 0.6) is 0 Å². The fraction of sp³-hybridized carbons (Fsp3) is 0.250. The quantitative estimate of drug-likeness (QED) is 0.899. The summed E-state index contributed by atoms with van der Waals surface area (Å²) in [6.45, 7) is 5.74. The fourth-order valence-corrected chi connectivity index (χ4v) is 2.08. The number of carbonyl (C=O) groups excluding carboxylic acids is 1. The number of nitrogens with zero attached hydrogens (tertiary/aromatic N) is 1. The van der Waals surface area contributed by atoms with Gasteiger partial charge in [-0.2, -0.15) is 0 Å². The van der Waals surface area contributed by atoms with E-state index in [1.165, 1.54) is 0 Å². The second-order valence-electron chi connectivity index (χ2n) is 4.82. The summed E-state index contributed by atoms with van der Waals surface area (Å²) < 4.78 is 0. The zero-order valence-corrected chi connectivity index (χ0v) is 12.2. The summed E-state index contributed by atoms with van der Waals surface area (Å²) in [7, 11) is 1.86. The Morgan fingerprint density at radius 1 is 1.10 bits per heavy atom. The van der Waals surface area contributed by atoms with Crippen molar-refractivity contribution in [3.63, 3.8) is 0 Å². The highest BCUT2D eigenvalue weighted by Gasteiger charge is 2.11. The fourth-order valence-electron chi connectivity index (χ4n) is 2.08. The van der Waals surface area contributed by atoms with E-state index in [-0.39, 0.29) is 5.91 Å². The van der Waals surface area contributed by atoms with E-state index in [1.807, 2.05) is 58.2 Å². The van der Waals surface area contributed by atoms with Gasteiger partial charge >= 0.3 is 0 Å². The van der Waals surface area contributed by atoms with Gasteiger partial charge in [0.25, 0.3) is 5.91 Å². The lowest BCUT2D eigenvalue weighted by molar-refractivity contribution is 0.102. The van der Waals surface area contributed by atoms with E-state index in [0.29, 0.717) is 5.56 Å². The predicted molar refractivity (Wildman–Crippen MR) is 82.4 cm³/mol. The number of aryl methyl sites for hydroxylation is 3. The van der Waals surface area contributed by atoms with Crippen molar-refractivity contribution in [3.8, 4) is 0 Å². The molecule has 0 saturated carbocycles. The van der Waals surface area contributed by atoms with E-state index in [2.05, 4.69) is 15.6 Å². The number of rotatable bonds is 3. The van der Waals surface area contributed by atoms with Crippen LogP contribution in [0.1, 0.15) is 27.3 Å². The van der Waals surface area contributed by atoms with E-state index >= 15 is 0 Å². The van der Waals surface area contributed by atoms with Gasteiger partial charge in [0, 0.05) is 24.0 Å². The summed E-state index contributed by atoms with van der Waals surface area (Å²) in [6.07, 6.45) is 0. The van der Waals surface area contributed by atoms with E-state index in [1.54, 1.807) is 0 Å². The molecule has 4 heteroatoms. The van der Waals surface area contributed by atoms with Crippen molar-refractivity contribution in [2.24, 2.45) is 0 Å². The first-order valence-electron chi connectivity index (χ1n) is 6.55. The van der Waals surface area contributed by atoms with Crippen LogP contribution in [0.25, 0.3) is 0 Å². The average Bonchev–Trinajstić information content (AvgIpc) is 2.41. The molecule has 0 fully saturated rings. The molecule has 0 aliphatic heterocycles. The molecule has 2 N–H and O–H groups in total. The van der Waals surface area contributed by atoms with Crippen molar-refractivity contribution in [2.75, 3.05) is 17.7 Å². The van der Waals surface area contributed by atoms with Crippen LogP contribution in [0.3, 0.4) is 0 Å². The SMILES string of the molecule is CNc1ccc(C(=O)Nc2ccc(C)nc2C)c(C)c1. The van der Waals surface area contributed by atoms with Gasteiger partial charge in [-0.25, -0.2) is 0 Å². The standard InChI is InChI=1S/C16H19N3O/c1-10-9-13(17-4)6-7-14(10)16(20)19-15-8-5-11(2)18-12(15)3/h5-9,17H,1-4H3,(H,19,20). The summed E-state index contributed by atoms with van der Waals surface area (Å²) in [5.74, 6) is -0.112. The number of aromatic nitrogens is 1. The van der Waals surface area contributed by atoms with Gasteiger partial charge < -0.3 is 10.6 Å². The third-order valence-corrected chi connectivity index (χ3v) is 3.23. The van der Waals surface area contributed by atoms with Gasteiger partial charge in [0.05, 0.1) is 11.4 Å². The smallest absolute Gasteiger partial charge is 0.255 e. The van der Waals surface area contributed by atoms with Crippen molar-refractivity contribution in [3.05, 3.63) is 52.8 Å². The highest BCUT2D eigenvalue weighted by molar-refractivity contribution is 6.05. The number of nitrogens with one attached hydrogen (secondary N) is 2. The molecule has 2 aromatic rings. The zero-order chi connectivity index (χ0) is 14.7. The molecule has 0 unspecified atom stereocenters. The Morgan fingerprint density at radius 3 is 2.45 bits per heavy atom. The molecule has 2 rings (SSSR count). The molecule has 0 bridgehead atoms. The van der Waals surface area contributed by atoms with Gasteiger partial charge in [-0.3, -0.25) is 9.78 Å². The largest absolute Gasteiger partial charge is 0.388 e. The maximum Gasteiger partial charge on any atom is 0.255 e. The Kier molecular flexibility index (Phi) is 4.03.